The topological polar surface area (TPSA) is 81.7 Å². The normalized spacial score (nSPS) is 12.7. The minimum Gasteiger partial charge on any atom is -0.271 e. The third-order valence-corrected chi connectivity index (χ3v) is 2.20. The van der Waals surface area contributed by atoms with Crippen molar-refractivity contribution in [3.05, 3.63) is 42.2 Å². The minimum absolute atomic E-state index is 0.189. The molecule has 1 unspecified atom stereocenters. The van der Waals surface area contributed by atoms with Gasteiger partial charge in [0.05, 0.1) is 17.6 Å². The Morgan fingerprint density at radius 1 is 1.40 bits per heavy atom. The van der Waals surface area contributed by atoms with Crippen molar-refractivity contribution >= 4 is 0 Å². The van der Waals surface area contributed by atoms with Gasteiger partial charge in [-0.3, -0.25) is 20.5 Å². The van der Waals surface area contributed by atoms with Gasteiger partial charge in [0.2, 0.25) is 0 Å². The van der Waals surface area contributed by atoms with E-state index in [0.29, 0.717) is 0 Å². The smallest absolute Gasteiger partial charge is 0.106 e. The van der Waals surface area contributed by atoms with E-state index in [1.165, 1.54) is 0 Å². The van der Waals surface area contributed by atoms with Gasteiger partial charge in [-0.15, -0.1) is 0 Å². The molecule has 15 heavy (non-hydrogen) atoms. The molecule has 3 N–H and O–H groups in total. The summed E-state index contributed by atoms with van der Waals surface area (Å²) < 4.78 is 1.75. The zero-order chi connectivity index (χ0) is 10.7. The van der Waals surface area contributed by atoms with Gasteiger partial charge in [0.25, 0.3) is 0 Å². The Morgan fingerprint density at radius 2 is 2.27 bits per heavy atom. The average molecular weight is 204 g/mol. The van der Waals surface area contributed by atoms with Gasteiger partial charge >= 0.3 is 0 Å². The van der Waals surface area contributed by atoms with E-state index in [0.717, 1.165) is 11.4 Å². The number of nitrogens with zero attached hydrogens (tertiary/aromatic N) is 4. The fourth-order valence-corrected chi connectivity index (χ4v) is 1.45. The van der Waals surface area contributed by atoms with E-state index in [-0.39, 0.29) is 6.04 Å². The molecule has 6 heteroatoms. The summed E-state index contributed by atoms with van der Waals surface area (Å²) in [5, 5.41) is 4.08. The first-order valence-corrected chi connectivity index (χ1v) is 4.53. The Morgan fingerprint density at radius 3 is 2.80 bits per heavy atom. The number of nitrogens with one attached hydrogen (secondary N) is 1. The average Bonchev–Trinajstić information content (AvgIpc) is 2.68. The van der Waals surface area contributed by atoms with Crippen LogP contribution in [0, 0.1) is 0 Å². The first kappa shape index (κ1) is 9.75. The SMILES string of the molecule is Cn1nccc1C(NN)c1cnccn1. The van der Waals surface area contributed by atoms with E-state index in [4.69, 9.17) is 5.84 Å². The van der Waals surface area contributed by atoms with Crippen molar-refractivity contribution in [3.8, 4) is 0 Å². The lowest BCUT2D eigenvalue weighted by molar-refractivity contribution is 0.562. The molecule has 2 aromatic heterocycles. The van der Waals surface area contributed by atoms with E-state index in [1.54, 1.807) is 29.5 Å². The maximum Gasteiger partial charge on any atom is 0.106 e. The highest BCUT2D eigenvalue weighted by atomic mass is 15.3. The second-order valence-corrected chi connectivity index (χ2v) is 3.11. The molecule has 78 valence electrons. The first-order chi connectivity index (χ1) is 7.33. The first-order valence-electron chi connectivity index (χ1n) is 4.53. The molecule has 0 fully saturated rings. The molecule has 6 nitrogen and oxygen atoms in total. The third kappa shape index (κ3) is 1.85. The maximum absolute atomic E-state index is 5.51. The van der Waals surface area contributed by atoms with Crippen molar-refractivity contribution in [3.63, 3.8) is 0 Å². The van der Waals surface area contributed by atoms with E-state index >= 15 is 0 Å². The molecule has 2 aromatic rings. The number of rotatable bonds is 3. The molecule has 2 rings (SSSR count). The van der Waals surface area contributed by atoms with Crippen LogP contribution in [0.5, 0.6) is 0 Å². The van der Waals surface area contributed by atoms with Crippen molar-refractivity contribution in [2.24, 2.45) is 12.9 Å². The second-order valence-electron chi connectivity index (χ2n) is 3.11. The maximum atomic E-state index is 5.51. The van der Waals surface area contributed by atoms with Crippen molar-refractivity contribution in [2.75, 3.05) is 0 Å². The number of hydrogen-bond donors (Lipinski definition) is 2. The van der Waals surface area contributed by atoms with Crippen LogP contribution in [-0.2, 0) is 7.05 Å². The summed E-state index contributed by atoms with van der Waals surface area (Å²) in [6, 6.07) is 1.70. The Hall–Kier alpha value is -1.79. The van der Waals surface area contributed by atoms with Crippen LogP contribution in [0.2, 0.25) is 0 Å². The summed E-state index contributed by atoms with van der Waals surface area (Å²) >= 11 is 0. The van der Waals surface area contributed by atoms with Crippen LogP contribution in [0.3, 0.4) is 0 Å². The lowest BCUT2D eigenvalue weighted by Crippen LogP contribution is -2.31. The zero-order valence-corrected chi connectivity index (χ0v) is 8.33. The van der Waals surface area contributed by atoms with Crippen LogP contribution < -0.4 is 11.3 Å². The van der Waals surface area contributed by atoms with Crippen molar-refractivity contribution in [1.29, 1.82) is 0 Å². The van der Waals surface area contributed by atoms with Crippen LogP contribution >= 0.6 is 0 Å². The molecule has 2 heterocycles. The fraction of sp³-hybridized carbons (Fsp3) is 0.222. The summed E-state index contributed by atoms with van der Waals surface area (Å²) in [6.07, 6.45) is 6.66. The fourth-order valence-electron chi connectivity index (χ4n) is 1.45. The van der Waals surface area contributed by atoms with Crippen LogP contribution in [0.4, 0.5) is 0 Å². The Bertz CT molecular complexity index is 423. The molecule has 0 saturated heterocycles. The molecule has 0 aromatic carbocycles. The van der Waals surface area contributed by atoms with Crippen LogP contribution in [-0.4, -0.2) is 19.7 Å². The Balaban J connectivity index is 2.37. The van der Waals surface area contributed by atoms with E-state index < -0.39 is 0 Å². The molecule has 0 aliphatic carbocycles. The minimum atomic E-state index is -0.189. The highest BCUT2D eigenvalue weighted by Gasteiger charge is 2.16. The van der Waals surface area contributed by atoms with Crippen LogP contribution in [0.15, 0.2) is 30.9 Å². The quantitative estimate of drug-likeness (QED) is 0.533. The van der Waals surface area contributed by atoms with Crippen LogP contribution in [0.25, 0.3) is 0 Å². The predicted molar refractivity (Wildman–Crippen MR) is 54.4 cm³/mol. The number of nitrogens with two attached hydrogens (primary N) is 1. The zero-order valence-electron chi connectivity index (χ0n) is 8.33. The molecule has 0 amide bonds. The van der Waals surface area contributed by atoms with Crippen molar-refractivity contribution < 1.29 is 0 Å². The van der Waals surface area contributed by atoms with E-state index in [1.807, 2.05) is 13.1 Å². The van der Waals surface area contributed by atoms with Gasteiger partial charge in [-0.25, -0.2) is 5.43 Å². The van der Waals surface area contributed by atoms with Gasteiger partial charge in [0.15, 0.2) is 0 Å². The number of aryl methyl sites for hydroxylation is 1. The standard InChI is InChI=1S/C9H12N6/c1-15-8(2-3-13-15)9(14-10)7-6-11-4-5-12-7/h2-6,9,14H,10H2,1H3. The summed E-state index contributed by atoms with van der Waals surface area (Å²) in [6.45, 7) is 0. The monoisotopic (exact) mass is 204 g/mol. The molecule has 0 bridgehead atoms. The molecule has 0 spiro atoms. The Kier molecular flexibility index (Phi) is 2.70. The second kappa shape index (κ2) is 4.16. The Labute approximate surface area is 87.1 Å². The van der Waals surface area contributed by atoms with Crippen molar-refractivity contribution in [1.82, 2.24) is 25.2 Å². The van der Waals surface area contributed by atoms with Gasteiger partial charge < -0.3 is 0 Å². The number of hydrogen-bond acceptors (Lipinski definition) is 5. The van der Waals surface area contributed by atoms with Crippen LogP contribution in [0.1, 0.15) is 17.4 Å². The van der Waals surface area contributed by atoms with Gasteiger partial charge in [-0.2, -0.15) is 5.10 Å². The molecule has 0 radical (unpaired) electrons. The molecule has 0 saturated carbocycles. The van der Waals surface area contributed by atoms with E-state index in [2.05, 4.69) is 20.5 Å². The highest BCUT2D eigenvalue weighted by Crippen LogP contribution is 2.16. The lowest BCUT2D eigenvalue weighted by atomic mass is 10.1. The predicted octanol–water partition coefficient (Wildman–Crippen LogP) is -0.237. The largest absolute Gasteiger partial charge is 0.271 e. The molecule has 0 aliphatic heterocycles. The van der Waals surface area contributed by atoms with Gasteiger partial charge in [-0.05, 0) is 6.07 Å². The lowest BCUT2D eigenvalue weighted by Gasteiger charge is -2.14. The summed E-state index contributed by atoms with van der Waals surface area (Å²) in [4.78, 5) is 8.21. The van der Waals surface area contributed by atoms with Gasteiger partial charge in [-0.1, -0.05) is 0 Å². The molecular weight excluding hydrogens is 192 g/mol. The van der Waals surface area contributed by atoms with Gasteiger partial charge in [0.1, 0.15) is 6.04 Å². The number of aromatic nitrogens is 4. The summed E-state index contributed by atoms with van der Waals surface area (Å²) in [5.74, 6) is 5.51. The molecule has 0 aliphatic rings. The van der Waals surface area contributed by atoms with Gasteiger partial charge in [0, 0.05) is 25.6 Å². The third-order valence-electron chi connectivity index (χ3n) is 2.20. The van der Waals surface area contributed by atoms with E-state index in [9.17, 15) is 0 Å². The highest BCUT2D eigenvalue weighted by molar-refractivity contribution is 5.18. The molecule has 1 atom stereocenters. The molecular formula is C9H12N6. The summed E-state index contributed by atoms with van der Waals surface area (Å²) in [7, 11) is 1.86. The van der Waals surface area contributed by atoms with Crippen molar-refractivity contribution in [2.45, 2.75) is 6.04 Å². The summed E-state index contributed by atoms with van der Waals surface area (Å²) in [5.41, 5.74) is 4.41. The number of hydrazine groups is 1.